The Bertz CT molecular complexity index is 725. The first kappa shape index (κ1) is 20.0. The molecular formula is C22H28O6. The maximum atomic E-state index is 10.3. The van der Waals surface area contributed by atoms with Gasteiger partial charge in [-0.05, 0) is 48.2 Å². The number of methoxy groups -OCH3 is 4. The van der Waals surface area contributed by atoms with Crippen LogP contribution in [-0.2, 0) is 5.41 Å². The van der Waals surface area contributed by atoms with Gasteiger partial charge >= 0.3 is 0 Å². The lowest BCUT2D eigenvalue weighted by molar-refractivity contribution is 0.317. The molecule has 28 heavy (non-hydrogen) atoms. The molecule has 0 unspecified atom stereocenters. The lowest BCUT2D eigenvalue weighted by atomic mass is 9.65. The molecule has 6 heteroatoms. The van der Waals surface area contributed by atoms with Crippen molar-refractivity contribution >= 4 is 0 Å². The Balaban J connectivity index is 2.26. The lowest BCUT2D eigenvalue weighted by Crippen LogP contribution is -2.30. The van der Waals surface area contributed by atoms with Crippen LogP contribution in [0, 0.1) is 0 Å². The summed E-state index contributed by atoms with van der Waals surface area (Å²) < 4.78 is 21.6. The quantitative estimate of drug-likeness (QED) is 0.765. The van der Waals surface area contributed by atoms with Crippen LogP contribution in [0.1, 0.15) is 43.2 Å². The second kappa shape index (κ2) is 8.09. The zero-order valence-corrected chi connectivity index (χ0v) is 16.9. The number of hydrogen-bond donors (Lipinski definition) is 2. The largest absolute Gasteiger partial charge is 0.502 e. The molecule has 1 fully saturated rings. The summed E-state index contributed by atoms with van der Waals surface area (Å²) in [5.41, 5.74) is 1.66. The van der Waals surface area contributed by atoms with Gasteiger partial charge in [-0.15, -0.1) is 0 Å². The second-order valence-corrected chi connectivity index (χ2v) is 7.10. The summed E-state index contributed by atoms with van der Waals surface area (Å²) in [5, 5.41) is 20.7. The number of hydrogen-bond acceptors (Lipinski definition) is 6. The summed E-state index contributed by atoms with van der Waals surface area (Å²) in [5.74, 6) is 1.46. The molecule has 1 saturated carbocycles. The van der Waals surface area contributed by atoms with Gasteiger partial charge in [0.2, 0.25) is 11.5 Å². The van der Waals surface area contributed by atoms with Crippen molar-refractivity contribution in [2.45, 2.75) is 37.5 Å². The summed E-state index contributed by atoms with van der Waals surface area (Å²) in [6, 6.07) is 7.48. The maximum absolute atomic E-state index is 10.3. The fraction of sp³-hybridized carbons (Fsp3) is 0.455. The van der Waals surface area contributed by atoms with Gasteiger partial charge in [0.15, 0.2) is 23.0 Å². The third-order valence-corrected chi connectivity index (χ3v) is 5.77. The van der Waals surface area contributed by atoms with Crippen molar-refractivity contribution in [2.24, 2.45) is 0 Å². The number of ether oxygens (including phenoxy) is 4. The third-order valence-electron chi connectivity index (χ3n) is 5.77. The molecule has 0 aromatic heterocycles. The van der Waals surface area contributed by atoms with Crippen molar-refractivity contribution in [3.8, 4) is 34.5 Å². The van der Waals surface area contributed by atoms with Crippen molar-refractivity contribution in [1.29, 1.82) is 0 Å². The molecule has 0 atom stereocenters. The molecule has 2 aromatic rings. The Morgan fingerprint density at radius 2 is 0.929 bits per heavy atom. The summed E-state index contributed by atoms with van der Waals surface area (Å²) in [4.78, 5) is 0. The fourth-order valence-electron chi connectivity index (χ4n) is 4.24. The number of aromatic hydroxyl groups is 2. The van der Waals surface area contributed by atoms with Crippen molar-refractivity contribution < 1.29 is 29.2 Å². The minimum atomic E-state index is -0.333. The molecule has 0 spiro atoms. The molecule has 1 aliphatic carbocycles. The summed E-state index contributed by atoms with van der Waals surface area (Å²) in [6.07, 6.45) is 5.14. The second-order valence-electron chi connectivity index (χ2n) is 7.10. The molecule has 0 aliphatic heterocycles. The van der Waals surface area contributed by atoms with Crippen LogP contribution >= 0.6 is 0 Å². The van der Waals surface area contributed by atoms with E-state index in [-0.39, 0.29) is 16.9 Å². The van der Waals surface area contributed by atoms with Crippen molar-refractivity contribution in [1.82, 2.24) is 0 Å². The smallest absolute Gasteiger partial charge is 0.200 e. The van der Waals surface area contributed by atoms with Crippen LogP contribution < -0.4 is 18.9 Å². The normalized spacial score (nSPS) is 15.7. The molecule has 0 bridgehead atoms. The van der Waals surface area contributed by atoms with E-state index >= 15 is 0 Å². The first-order chi connectivity index (χ1) is 13.5. The zero-order chi connectivity index (χ0) is 20.3. The van der Waals surface area contributed by atoms with Gasteiger partial charge in [-0.3, -0.25) is 0 Å². The summed E-state index contributed by atoms with van der Waals surface area (Å²) in [6.45, 7) is 0. The monoisotopic (exact) mass is 388 g/mol. The van der Waals surface area contributed by atoms with Gasteiger partial charge < -0.3 is 29.2 Å². The van der Waals surface area contributed by atoms with Gasteiger partial charge in [-0.25, -0.2) is 0 Å². The van der Waals surface area contributed by atoms with Gasteiger partial charge in [-0.1, -0.05) is 19.3 Å². The van der Waals surface area contributed by atoms with Crippen molar-refractivity contribution in [2.75, 3.05) is 28.4 Å². The van der Waals surface area contributed by atoms with Gasteiger partial charge in [0.25, 0.3) is 0 Å². The summed E-state index contributed by atoms with van der Waals surface area (Å²) in [7, 11) is 6.10. The Morgan fingerprint density at radius 3 is 1.21 bits per heavy atom. The average molecular weight is 388 g/mol. The van der Waals surface area contributed by atoms with Crippen molar-refractivity contribution in [3.63, 3.8) is 0 Å². The first-order valence-corrected chi connectivity index (χ1v) is 9.41. The number of benzene rings is 2. The molecule has 0 heterocycles. The molecule has 0 saturated heterocycles. The number of phenolic OH excluding ortho intramolecular Hbond substituents is 2. The van der Waals surface area contributed by atoms with Crippen molar-refractivity contribution in [3.05, 3.63) is 35.4 Å². The summed E-state index contributed by atoms with van der Waals surface area (Å²) >= 11 is 0. The van der Waals surface area contributed by atoms with Crippen LogP contribution in [0.4, 0.5) is 0 Å². The zero-order valence-electron chi connectivity index (χ0n) is 16.9. The van der Waals surface area contributed by atoms with E-state index in [2.05, 4.69) is 0 Å². The molecule has 0 amide bonds. The molecular weight excluding hydrogens is 360 g/mol. The van der Waals surface area contributed by atoms with Gasteiger partial charge in [0.1, 0.15) is 0 Å². The minimum absolute atomic E-state index is 0.0134. The highest BCUT2D eigenvalue weighted by Crippen LogP contribution is 2.51. The molecule has 0 radical (unpaired) electrons. The average Bonchev–Trinajstić information content (AvgIpc) is 2.74. The first-order valence-electron chi connectivity index (χ1n) is 9.41. The van der Waals surface area contributed by atoms with Crippen LogP contribution in [0.2, 0.25) is 0 Å². The van der Waals surface area contributed by atoms with E-state index in [0.29, 0.717) is 23.0 Å². The maximum Gasteiger partial charge on any atom is 0.200 e. The molecule has 2 N–H and O–H groups in total. The highest BCUT2D eigenvalue weighted by molar-refractivity contribution is 5.60. The van der Waals surface area contributed by atoms with Crippen LogP contribution in [0.5, 0.6) is 34.5 Å². The van der Waals surface area contributed by atoms with Crippen LogP contribution in [-0.4, -0.2) is 38.7 Å². The Labute approximate surface area is 165 Å². The van der Waals surface area contributed by atoms with Gasteiger partial charge in [0, 0.05) is 5.41 Å². The molecule has 2 aromatic carbocycles. The Morgan fingerprint density at radius 1 is 0.607 bits per heavy atom. The van der Waals surface area contributed by atoms with E-state index in [1.807, 2.05) is 24.3 Å². The topological polar surface area (TPSA) is 77.4 Å². The predicted octanol–water partition coefficient (Wildman–Crippen LogP) is 4.38. The molecule has 152 valence electrons. The minimum Gasteiger partial charge on any atom is -0.502 e. The van der Waals surface area contributed by atoms with Gasteiger partial charge in [-0.2, -0.15) is 0 Å². The molecule has 3 rings (SSSR count). The highest BCUT2D eigenvalue weighted by atomic mass is 16.5. The molecule has 6 nitrogen and oxygen atoms in total. The van der Waals surface area contributed by atoms with Crippen LogP contribution in [0.3, 0.4) is 0 Å². The van der Waals surface area contributed by atoms with E-state index < -0.39 is 0 Å². The van der Waals surface area contributed by atoms with Crippen LogP contribution in [0.25, 0.3) is 0 Å². The van der Waals surface area contributed by atoms with E-state index in [1.165, 1.54) is 34.9 Å². The highest BCUT2D eigenvalue weighted by Gasteiger charge is 2.38. The van der Waals surface area contributed by atoms with E-state index in [9.17, 15) is 10.2 Å². The van der Waals surface area contributed by atoms with Gasteiger partial charge in [0.05, 0.1) is 28.4 Å². The lowest BCUT2D eigenvalue weighted by Gasteiger charge is -2.39. The Hall–Kier alpha value is -2.76. The number of phenols is 2. The van der Waals surface area contributed by atoms with Crippen LogP contribution in [0.15, 0.2) is 24.3 Å². The standard InChI is InChI=1S/C22H28O6/c1-25-16-10-14(11-17(26-2)20(16)23)22(8-6-5-7-9-22)15-12-18(27-3)21(24)19(13-15)28-4/h10-13,23-24H,5-9H2,1-4H3. The fourth-order valence-corrected chi connectivity index (χ4v) is 4.24. The van der Waals surface area contributed by atoms with E-state index in [1.54, 1.807) is 0 Å². The van der Waals surface area contributed by atoms with E-state index in [0.717, 1.165) is 36.8 Å². The Kier molecular flexibility index (Phi) is 5.77. The third kappa shape index (κ3) is 3.28. The molecule has 1 aliphatic rings. The van der Waals surface area contributed by atoms with E-state index in [4.69, 9.17) is 18.9 Å². The predicted molar refractivity (Wildman–Crippen MR) is 106 cm³/mol. The SMILES string of the molecule is COc1cc(C2(c3cc(OC)c(O)c(OC)c3)CCCCC2)cc(OC)c1O. The number of rotatable bonds is 6.